The van der Waals surface area contributed by atoms with Gasteiger partial charge in [0.25, 0.3) is 11.8 Å². The quantitative estimate of drug-likeness (QED) is 0.330. The Morgan fingerprint density at radius 1 is 1.18 bits per heavy atom. The molecule has 2 amide bonds. The molecule has 3 aromatic heterocycles. The van der Waals surface area contributed by atoms with Crippen molar-refractivity contribution in [3.63, 3.8) is 0 Å². The molecule has 1 fully saturated rings. The van der Waals surface area contributed by atoms with Gasteiger partial charge in [-0.2, -0.15) is 0 Å². The molecule has 0 saturated carbocycles. The number of halogens is 4. The minimum absolute atomic E-state index is 0.0192. The van der Waals surface area contributed by atoms with Crippen LogP contribution in [-0.4, -0.2) is 83.7 Å². The summed E-state index contributed by atoms with van der Waals surface area (Å²) < 4.78 is 56.8. The lowest BCUT2D eigenvalue weighted by atomic mass is 10.1. The molecule has 1 aliphatic rings. The van der Waals surface area contributed by atoms with Gasteiger partial charge in [0.2, 0.25) is 5.91 Å². The fourth-order valence-electron chi connectivity index (χ4n) is 3.65. The van der Waals surface area contributed by atoms with Gasteiger partial charge in [0.1, 0.15) is 12.3 Å². The zero-order valence-corrected chi connectivity index (χ0v) is 20.4. The monoisotopic (exact) mass is 538 g/mol. The van der Waals surface area contributed by atoms with Crippen LogP contribution in [0.15, 0.2) is 30.7 Å². The minimum atomic E-state index is -3.03. The number of aryl methyl sites for hydroxylation is 1. The van der Waals surface area contributed by atoms with Crippen LogP contribution in [0.25, 0.3) is 0 Å². The molecule has 204 valence electrons. The van der Waals surface area contributed by atoms with E-state index in [1.807, 2.05) is 0 Å². The van der Waals surface area contributed by atoms with Crippen molar-refractivity contribution in [2.45, 2.75) is 51.2 Å². The molecule has 2 N–H and O–H groups in total. The summed E-state index contributed by atoms with van der Waals surface area (Å²) in [4.78, 5) is 29.9. The summed E-state index contributed by atoms with van der Waals surface area (Å²) in [7, 11) is 0. The van der Waals surface area contributed by atoms with Crippen molar-refractivity contribution >= 4 is 17.6 Å². The molecule has 3 aromatic rings. The predicted molar refractivity (Wildman–Crippen MR) is 124 cm³/mol. The Morgan fingerprint density at radius 3 is 2.68 bits per heavy atom. The van der Waals surface area contributed by atoms with E-state index in [4.69, 9.17) is 0 Å². The second kappa shape index (κ2) is 11.6. The van der Waals surface area contributed by atoms with E-state index in [9.17, 15) is 27.2 Å². The van der Waals surface area contributed by atoms with Crippen LogP contribution < -0.4 is 10.6 Å². The van der Waals surface area contributed by atoms with Gasteiger partial charge in [-0.1, -0.05) is 10.4 Å². The SMILES string of the molecule is CC(F)(F)c1ccnc(CNC(=O)c2cn(CCC(F)Cn3cc(NC(=O)CN4CC(F)C4)nn3)nn2)c1. The summed E-state index contributed by atoms with van der Waals surface area (Å²) >= 11 is 0. The van der Waals surface area contributed by atoms with E-state index in [2.05, 4.69) is 36.2 Å². The van der Waals surface area contributed by atoms with Gasteiger partial charge in [-0.3, -0.25) is 24.2 Å². The third kappa shape index (κ3) is 7.53. The van der Waals surface area contributed by atoms with E-state index < -0.39 is 24.2 Å². The second-order valence-corrected chi connectivity index (χ2v) is 9.03. The molecule has 4 rings (SSSR count). The minimum Gasteiger partial charge on any atom is -0.345 e. The van der Waals surface area contributed by atoms with E-state index in [0.29, 0.717) is 0 Å². The highest BCUT2D eigenvalue weighted by Gasteiger charge is 2.28. The van der Waals surface area contributed by atoms with E-state index in [1.165, 1.54) is 40.1 Å². The highest BCUT2D eigenvalue weighted by atomic mass is 19.3. The van der Waals surface area contributed by atoms with Gasteiger partial charge in [0.15, 0.2) is 11.5 Å². The molecular formula is C22H26F4N10O2. The lowest BCUT2D eigenvalue weighted by Crippen LogP contribution is -2.51. The van der Waals surface area contributed by atoms with Gasteiger partial charge < -0.3 is 10.6 Å². The fourth-order valence-corrected chi connectivity index (χ4v) is 3.65. The van der Waals surface area contributed by atoms with Crippen LogP contribution in [0.2, 0.25) is 0 Å². The first-order valence-corrected chi connectivity index (χ1v) is 11.8. The molecule has 0 spiro atoms. The molecule has 0 aromatic carbocycles. The summed E-state index contributed by atoms with van der Waals surface area (Å²) in [5, 5.41) is 20.2. The number of likely N-dealkylation sites (tertiary alicyclic amines) is 1. The highest BCUT2D eigenvalue weighted by molar-refractivity contribution is 5.92. The number of pyridine rings is 1. The Morgan fingerprint density at radius 2 is 1.95 bits per heavy atom. The Kier molecular flexibility index (Phi) is 8.29. The van der Waals surface area contributed by atoms with Crippen molar-refractivity contribution in [2.75, 3.05) is 25.0 Å². The maximum atomic E-state index is 14.5. The first kappa shape index (κ1) is 27.1. The van der Waals surface area contributed by atoms with Gasteiger partial charge in [-0.25, -0.2) is 22.2 Å². The van der Waals surface area contributed by atoms with Crippen LogP contribution in [0.4, 0.5) is 23.4 Å². The van der Waals surface area contributed by atoms with Crippen molar-refractivity contribution in [1.82, 2.24) is 45.2 Å². The molecular weight excluding hydrogens is 512 g/mol. The van der Waals surface area contributed by atoms with Crippen LogP contribution in [-0.2, 0) is 30.4 Å². The van der Waals surface area contributed by atoms with Gasteiger partial charge in [-0.05, 0) is 12.1 Å². The number of hydrogen-bond donors (Lipinski definition) is 2. The van der Waals surface area contributed by atoms with Crippen molar-refractivity contribution < 1.29 is 27.2 Å². The van der Waals surface area contributed by atoms with Crippen LogP contribution in [0, 0.1) is 0 Å². The average molecular weight is 539 g/mol. The van der Waals surface area contributed by atoms with Gasteiger partial charge in [-0.15, -0.1) is 10.2 Å². The van der Waals surface area contributed by atoms with Crippen molar-refractivity contribution in [3.05, 3.63) is 47.7 Å². The third-order valence-corrected chi connectivity index (χ3v) is 5.67. The maximum Gasteiger partial charge on any atom is 0.273 e. The normalized spacial score (nSPS) is 15.2. The number of alkyl halides is 4. The summed E-state index contributed by atoms with van der Waals surface area (Å²) in [6.45, 7) is 1.17. The first-order chi connectivity index (χ1) is 18.0. The number of carbonyl (C=O) groups excluding carboxylic acids is 2. The largest absolute Gasteiger partial charge is 0.345 e. The standard InChI is InChI=1S/C22H26F4N10O2/c1-22(25,26)14-2-4-27-17(6-14)7-28-21(38)18-11-35(32-30-18)5-3-15(23)10-36-12-19(31-33-36)29-20(37)13-34-8-16(24)9-34/h2,4,6,11-12,15-16H,3,5,7-10,13H2,1H3,(H,28,38)(H,29,37). The Balaban J connectivity index is 1.19. The number of nitrogens with zero attached hydrogens (tertiary/aromatic N) is 8. The third-order valence-electron chi connectivity index (χ3n) is 5.67. The van der Waals surface area contributed by atoms with Crippen LogP contribution in [0.3, 0.4) is 0 Å². The van der Waals surface area contributed by atoms with E-state index >= 15 is 0 Å². The lowest BCUT2D eigenvalue weighted by Gasteiger charge is -2.33. The van der Waals surface area contributed by atoms with Crippen LogP contribution in [0.5, 0.6) is 0 Å². The first-order valence-electron chi connectivity index (χ1n) is 11.8. The predicted octanol–water partition coefficient (Wildman–Crippen LogP) is 1.33. The Hall–Kier alpha value is -3.95. The molecule has 0 aliphatic carbocycles. The van der Waals surface area contributed by atoms with Gasteiger partial charge in [0, 0.05) is 44.7 Å². The fraction of sp³-hybridized carbons (Fsp3) is 0.500. The average Bonchev–Trinajstić information content (AvgIpc) is 3.49. The van der Waals surface area contributed by atoms with E-state index in [0.717, 1.165) is 6.92 Å². The molecule has 38 heavy (non-hydrogen) atoms. The molecule has 0 bridgehead atoms. The smallest absolute Gasteiger partial charge is 0.273 e. The maximum absolute atomic E-state index is 14.5. The molecule has 1 saturated heterocycles. The number of hydrogen-bond acceptors (Lipinski definition) is 8. The molecule has 1 aliphatic heterocycles. The van der Waals surface area contributed by atoms with E-state index in [-0.39, 0.29) is 74.4 Å². The molecule has 1 atom stereocenters. The van der Waals surface area contributed by atoms with E-state index in [1.54, 1.807) is 4.90 Å². The zero-order chi connectivity index (χ0) is 27.3. The number of nitrogens with one attached hydrogen (secondary N) is 2. The summed E-state index contributed by atoms with van der Waals surface area (Å²) in [6, 6.07) is 2.41. The zero-order valence-electron chi connectivity index (χ0n) is 20.4. The number of rotatable bonds is 12. The second-order valence-electron chi connectivity index (χ2n) is 9.03. The van der Waals surface area contributed by atoms with Crippen LogP contribution >= 0.6 is 0 Å². The summed E-state index contributed by atoms with van der Waals surface area (Å²) in [5.74, 6) is -3.81. The van der Waals surface area contributed by atoms with Crippen LogP contribution in [0.1, 0.15) is 35.1 Å². The number of carbonyl (C=O) groups is 2. The topological polar surface area (TPSA) is 136 Å². The van der Waals surface area contributed by atoms with Gasteiger partial charge >= 0.3 is 0 Å². The summed E-state index contributed by atoms with van der Waals surface area (Å²) in [5.41, 5.74) is 0.0242. The number of amides is 2. The molecule has 1 unspecified atom stereocenters. The Bertz CT molecular complexity index is 1250. The number of anilines is 1. The van der Waals surface area contributed by atoms with Crippen molar-refractivity contribution in [3.8, 4) is 0 Å². The summed E-state index contributed by atoms with van der Waals surface area (Å²) in [6.07, 6.45) is 1.78. The molecule has 16 heteroatoms. The molecule has 4 heterocycles. The lowest BCUT2D eigenvalue weighted by molar-refractivity contribution is -0.119. The van der Waals surface area contributed by atoms with Crippen molar-refractivity contribution in [2.24, 2.45) is 0 Å². The molecule has 0 radical (unpaired) electrons. The van der Waals surface area contributed by atoms with Gasteiger partial charge in [0.05, 0.1) is 37.7 Å². The highest BCUT2D eigenvalue weighted by Crippen LogP contribution is 2.26. The molecule has 12 nitrogen and oxygen atoms in total. The number of aromatic nitrogens is 7. The Labute approximate surface area is 214 Å². The van der Waals surface area contributed by atoms with Crippen molar-refractivity contribution in [1.29, 1.82) is 0 Å².